The molecule has 2 amide bonds. The average Bonchev–Trinajstić information content (AvgIpc) is 3.32. The lowest BCUT2D eigenvalue weighted by Crippen LogP contribution is -2.70. The number of fused-ring (bicyclic) bond motifs is 1. The van der Waals surface area contributed by atoms with Gasteiger partial charge in [-0.2, -0.15) is 0 Å². The summed E-state index contributed by atoms with van der Waals surface area (Å²) in [6, 6.07) is 8.51. The number of amides is 2. The first-order chi connectivity index (χ1) is 16.5. The zero-order valence-electron chi connectivity index (χ0n) is 18.1. The molecule has 2 aromatic rings. The first kappa shape index (κ1) is 24.5. The van der Waals surface area contributed by atoms with E-state index in [9.17, 15) is 19.5 Å². The molecule has 1 saturated heterocycles. The van der Waals surface area contributed by atoms with Crippen LogP contribution in [0.2, 0.25) is 0 Å². The van der Waals surface area contributed by atoms with Crippen LogP contribution in [-0.4, -0.2) is 72.6 Å². The number of benzene rings is 1. The van der Waals surface area contributed by atoms with Crippen molar-refractivity contribution in [2.75, 3.05) is 23.2 Å². The number of carboxylic acids is 1. The van der Waals surface area contributed by atoms with Gasteiger partial charge in [-0.15, -0.1) is 33.7 Å². The molecule has 1 aromatic heterocycles. The number of ether oxygens (including phenoxy) is 1. The number of para-hydroxylation sites is 1. The number of nitrogens with zero attached hydrogens (tertiary/aromatic N) is 3. The van der Waals surface area contributed by atoms with Gasteiger partial charge in [-0.3, -0.25) is 14.5 Å². The molecule has 10 nitrogen and oxygen atoms in total. The third kappa shape index (κ3) is 5.53. The van der Waals surface area contributed by atoms with Crippen LogP contribution in [0, 0.1) is 0 Å². The maximum Gasteiger partial charge on any atom is 0.352 e. The van der Waals surface area contributed by atoms with Gasteiger partial charge in [0.15, 0.2) is 0 Å². The van der Waals surface area contributed by atoms with E-state index in [1.807, 2.05) is 37.3 Å². The summed E-state index contributed by atoms with van der Waals surface area (Å²) in [5.41, 5.74) is 0.564. The minimum absolute atomic E-state index is 0.0346. The van der Waals surface area contributed by atoms with Crippen LogP contribution in [-0.2, 0) is 20.8 Å². The van der Waals surface area contributed by atoms with E-state index in [2.05, 4.69) is 15.5 Å². The van der Waals surface area contributed by atoms with Gasteiger partial charge >= 0.3 is 5.97 Å². The van der Waals surface area contributed by atoms with Gasteiger partial charge in [-0.1, -0.05) is 36.9 Å². The SMILES string of the molecule is CCc1nnc(SCC2=C(C(=O)O)N3C(=O)C(NC(=O)CSCOc4ccccc4)C3SC2)o1. The Morgan fingerprint density at radius 3 is 2.82 bits per heavy atom. The monoisotopic (exact) mass is 522 g/mol. The van der Waals surface area contributed by atoms with Crippen molar-refractivity contribution < 1.29 is 28.6 Å². The summed E-state index contributed by atoms with van der Waals surface area (Å²) >= 11 is 3.95. The van der Waals surface area contributed by atoms with E-state index in [1.165, 1.54) is 40.2 Å². The van der Waals surface area contributed by atoms with Crippen molar-refractivity contribution in [3.63, 3.8) is 0 Å². The Morgan fingerprint density at radius 2 is 2.12 bits per heavy atom. The lowest BCUT2D eigenvalue weighted by molar-refractivity contribution is -0.150. The Kier molecular flexibility index (Phi) is 8.06. The standard InChI is InChI=1S/C21H22N4O6S3/c1-2-15-23-24-21(31-15)34-9-12-8-33-19-16(18(27)25(19)17(12)20(28)29)22-14(26)10-32-11-30-13-6-4-3-5-7-13/h3-7,16,19H,2,8-11H2,1H3,(H,22,26)(H,28,29). The van der Waals surface area contributed by atoms with Crippen molar-refractivity contribution in [1.82, 2.24) is 20.4 Å². The fourth-order valence-corrected chi connectivity index (χ4v) is 6.20. The molecule has 0 bridgehead atoms. The third-order valence-corrected chi connectivity index (χ3v) is 7.97. The van der Waals surface area contributed by atoms with Crippen molar-refractivity contribution >= 4 is 53.1 Å². The van der Waals surface area contributed by atoms with Crippen LogP contribution in [0.5, 0.6) is 5.75 Å². The number of nitrogens with one attached hydrogen (secondary N) is 1. The van der Waals surface area contributed by atoms with E-state index in [0.29, 0.717) is 46.3 Å². The molecule has 13 heteroatoms. The van der Waals surface area contributed by atoms with E-state index in [1.54, 1.807) is 0 Å². The van der Waals surface area contributed by atoms with Crippen LogP contribution < -0.4 is 10.1 Å². The number of hydrogen-bond acceptors (Lipinski definition) is 10. The van der Waals surface area contributed by atoms with E-state index in [0.717, 1.165) is 0 Å². The Hall–Kier alpha value is -2.64. The van der Waals surface area contributed by atoms with Gasteiger partial charge < -0.3 is 19.6 Å². The molecule has 1 fully saturated rings. The normalized spacial score (nSPS) is 19.4. The number of carboxylic acid groups (broad SMARTS) is 1. The summed E-state index contributed by atoms with van der Waals surface area (Å²) in [6.07, 6.45) is 0.613. The van der Waals surface area contributed by atoms with Gasteiger partial charge in [0.05, 0.1) is 5.75 Å². The molecular formula is C21H22N4O6S3. The number of carbonyl (C=O) groups excluding carboxylic acids is 2. The summed E-state index contributed by atoms with van der Waals surface area (Å²) in [5, 5.41) is 20.2. The van der Waals surface area contributed by atoms with Crippen LogP contribution >= 0.6 is 35.3 Å². The molecule has 3 heterocycles. The van der Waals surface area contributed by atoms with Crippen molar-refractivity contribution in [1.29, 1.82) is 0 Å². The molecular weight excluding hydrogens is 500 g/mol. The number of aryl methyl sites for hydroxylation is 1. The molecule has 2 N–H and O–H groups in total. The number of thioether (sulfide) groups is 3. The van der Waals surface area contributed by atoms with E-state index in [4.69, 9.17) is 9.15 Å². The van der Waals surface area contributed by atoms with E-state index >= 15 is 0 Å². The number of aromatic nitrogens is 2. The fraction of sp³-hybridized carbons (Fsp3) is 0.381. The molecule has 34 heavy (non-hydrogen) atoms. The molecule has 0 radical (unpaired) electrons. The Balaban J connectivity index is 1.30. The molecule has 180 valence electrons. The second-order valence-corrected chi connectivity index (χ2v) is 10.2. The molecule has 0 spiro atoms. The van der Waals surface area contributed by atoms with E-state index in [-0.39, 0.29) is 17.4 Å². The summed E-state index contributed by atoms with van der Waals surface area (Å²) in [4.78, 5) is 38.3. The predicted molar refractivity (Wildman–Crippen MR) is 128 cm³/mol. The number of rotatable bonds is 11. The second-order valence-electron chi connectivity index (χ2n) is 7.24. The maximum atomic E-state index is 12.7. The Morgan fingerprint density at radius 1 is 1.32 bits per heavy atom. The third-order valence-electron chi connectivity index (χ3n) is 4.97. The summed E-state index contributed by atoms with van der Waals surface area (Å²) in [6.45, 7) is 1.90. The Labute approximate surface area is 208 Å². The summed E-state index contributed by atoms with van der Waals surface area (Å²) in [7, 11) is 0. The zero-order valence-corrected chi connectivity index (χ0v) is 20.6. The smallest absolute Gasteiger partial charge is 0.352 e. The minimum atomic E-state index is -1.17. The number of aliphatic carboxylic acids is 1. The molecule has 0 saturated carbocycles. The highest BCUT2D eigenvalue weighted by molar-refractivity contribution is 8.01. The highest BCUT2D eigenvalue weighted by atomic mass is 32.2. The number of β-lactam (4-membered cyclic amide) rings is 1. The summed E-state index contributed by atoms with van der Waals surface area (Å²) < 4.78 is 11.0. The number of hydrogen-bond donors (Lipinski definition) is 2. The van der Waals surface area contributed by atoms with Crippen LogP contribution in [0.25, 0.3) is 0 Å². The zero-order chi connectivity index (χ0) is 24.1. The quantitative estimate of drug-likeness (QED) is 0.195. The first-order valence-electron chi connectivity index (χ1n) is 10.4. The molecule has 0 aliphatic carbocycles. The number of carbonyl (C=O) groups is 3. The second kappa shape index (κ2) is 11.2. The van der Waals surface area contributed by atoms with Crippen molar-refractivity contribution in [2.24, 2.45) is 0 Å². The predicted octanol–water partition coefficient (Wildman–Crippen LogP) is 2.23. The average molecular weight is 523 g/mol. The molecule has 2 atom stereocenters. The molecule has 1 aromatic carbocycles. The van der Waals surface area contributed by atoms with Gasteiger partial charge in [0.1, 0.15) is 28.8 Å². The highest BCUT2D eigenvalue weighted by Gasteiger charge is 2.54. The van der Waals surface area contributed by atoms with Crippen molar-refractivity contribution in [3.8, 4) is 5.75 Å². The minimum Gasteiger partial charge on any atom is -0.483 e. The van der Waals surface area contributed by atoms with Gasteiger partial charge in [-0.05, 0) is 17.7 Å². The largest absolute Gasteiger partial charge is 0.483 e. The van der Waals surface area contributed by atoms with Gasteiger partial charge in [-0.25, -0.2) is 4.79 Å². The topological polar surface area (TPSA) is 135 Å². The lowest BCUT2D eigenvalue weighted by atomic mass is 10.0. The van der Waals surface area contributed by atoms with Crippen LogP contribution in [0.3, 0.4) is 0 Å². The lowest BCUT2D eigenvalue weighted by Gasteiger charge is -2.49. The Bertz CT molecular complexity index is 1090. The van der Waals surface area contributed by atoms with Crippen molar-refractivity contribution in [3.05, 3.63) is 47.5 Å². The maximum absolute atomic E-state index is 12.7. The van der Waals surface area contributed by atoms with Gasteiger partial charge in [0, 0.05) is 17.9 Å². The fourth-order valence-electron chi connectivity index (χ4n) is 3.36. The molecule has 2 aliphatic rings. The summed E-state index contributed by atoms with van der Waals surface area (Å²) in [5.74, 6) is 0.476. The van der Waals surface area contributed by atoms with Crippen LogP contribution in [0.1, 0.15) is 12.8 Å². The van der Waals surface area contributed by atoms with Gasteiger partial charge in [0.25, 0.3) is 11.1 Å². The van der Waals surface area contributed by atoms with E-state index < -0.39 is 23.3 Å². The van der Waals surface area contributed by atoms with Gasteiger partial charge in [0.2, 0.25) is 11.8 Å². The van der Waals surface area contributed by atoms with Crippen molar-refractivity contribution in [2.45, 2.75) is 30.0 Å². The molecule has 4 rings (SSSR count). The van der Waals surface area contributed by atoms with Crippen LogP contribution in [0.4, 0.5) is 0 Å². The van der Waals surface area contributed by atoms with Crippen LogP contribution in [0.15, 0.2) is 51.2 Å². The highest BCUT2D eigenvalue weighted by Crippen LogP contribution is 2.41. The first-order valence-corrected chi connectivity index (χ1v) is 13.6. The molecule has 2 unspecified atom stereocenters. The molecule has 2 aliphatic heterocycles.